The fourth-order valence-electron chi connectivity index (χ4n) is 0.249. The zero-order valence-corrected chi connectivity index (χ0v) is 4.27. The summed E-state index contributed by atoms with van der Waals surface area (Å²) >= 11 is 1.22. The Morgan fingerprint density at radius 3 is 2.71 bits per heavy atom. The van der Waals surface area contributed by atoms with Gasteiger partial charge in [-0.2, -0.15) is 0 Å². The van der Waals surface area contributed by atoms with Gasteiger partial charge in [-0.3, -0.25) is 0 Å². The first kappa shape index (κ1) is 4.65. The molecular formula is C3H2BNOS. The second-order valence-corrected chi connectivity index (χ2v) is 1.93. The summed E-state index contributed by atoms with van der Waals surface area (Å²) in [6, 6.07) is 0. The van der Waals surface area contributed by atoms with Gasteiger partial charge in [-0.25, -0.2) is 4.98 Å². The lowest BCUT2D eigenvalue weighted by molar-refractivity contribution is 0.461. The third-order valence-corrected chi connectivity index (χ3v) is 1.22. The molecule has 0 aromatic carbocycles. The van der Waals surface area contributed by atoms with Crippen LogP contribution in [0.2, 0.25) is 0 Å². The van der Waals surface area contributed by atoms with Crippen molar-refractivity contribution in [2.45, 2.75) is 0 Å². The Bertz CT molecular complexity index is 147. The fraction of sp³-hybridized carbons (Fsp3) is 0. The second-order valence-electron chi connectivity index (χ2n) is 1.04. The first-order valence-corrected chi connectivity index (χ1v) is 2.56. The van der Waals surface area contributed by atoms with Crippen molar-refractivity contribution in [1.29, 1.82) is 0 Å². The van der Waals surface area contributed by atoms with Crippen LogP contribution in [-0.4, -0.2) is 17.9 Å². The molecule has 2 radical (unpaired) electrons. The molecular weight excluding hydrogens is 109 g/mol. The van der Waals surface area contributed by atoms with Gasteiger partial charge in [-0.05, 0) is 0 Å². The van der Waals surface area contributed by atoms with Gasteiger partial charge >= 0.3 is 0 Å². The van der Waals surface area contributed by atoms with E-state index in [1.54, 1.807) is 0 Å². The Hall–Kier alpha value is -0.505. The quantitative estimate of drug-likeness (QED) is 0.464. The molecule has 0 atom stereocenters. The maximum absolute atomic E-state index is 8.53. The predicted molar refractivity (Wildman–Crippen MR) is 29.2 cm³/mol. The molecule has 4 heteroatoms. The zero-order valence-electron chi connectivity index (χ0n) is 3.46. The molecule has 0 aliphatic heterocycles. The number of thiazole rings is 1. The predicted octanol–water partition coefficient (Wildman–Crippen LogP) is -0.358. The Morgan fingerprint density at radius 2 is 2.57 bits per heavy atom. The molecule has 2 nitrogen and oxygen atoms in total. The van der Waals surface area contributed by atoms with Gasteiger partial charge in [-0.15, -0.1) is 11.3 Å². The van der Waals surface area contributed by atoms with Crippen molar-refractivity contribution >= 4 is 24.0 Å². The van der Waals surface area contributed by atoms with Crippen molar-refractivity contribution in [2.75, 3.05) is 0 Å². The number of aromatic nitrogens is 1. The van der Waals surface area contributed by atoms with Crippen molar-refractivity contribution in [1.82, 2.24) is 4.98 Å². The molecule has 7 heavy (non-hydrogen) atoms. The van der Waals surface area contributed by atoms with Gasteiger partial charge in [0.1, 0.15) is 7.85 Å². The van der Waals surface area contributed by atoms with Crippen molar-refractivity contribution < 1.29 is 5.11 Å². The first-order valence-electron chi connectivity index (χ1n) is 1.68. The molecule has 0 aliphatic rings. The van der Waals surface area contributed by atoms with E-state index < -0.39 is 0 Å². The van der Waals surface area contributed by atoms with E-state index in [1.165, 1.54) is 16.8 Å². The van der Waals surface area contributed by atoms with Gasteiger partial charge in [0.15, 0.2) is 0 Å². The van der Waals surface area contributed by atoms with E-state index in [4.69, 9.17) is 13.0 Å². The SMILES string of the molecule is [B]c1scnc1O. The van der Waals surface area contributed by atoms with E-state index in [0.717, 1.165) is 0 Å². The molecule has 0 unspecified atom stereocenters. The minimum atomic E-state index is -0.0648. The maximum Gasteiger partial charge on any atom is 0.214 e. The van der Waals surface area contributed by atoms with Crippen LogP contribution in [0.15, 0.2) is 5.51 Å². The van der Waals surface area contributed by atoms with Crippen LogP contribution in [0.25, 0.3) is 0 Å². The molecule has 1 rings (SSSR count). The Kier molecular flexibility index (Phi) is 1.02. The van der Waals surface area contributed by atoms with E-state index in [2.05, 4.69) is 4.98 Å². The van der Waals surface area contributed by atoms with Crippen LogP contribution < -0.4 is 4.78 Å². The molecule has 0 saturated carbocycles. The normalized spacial score (nSPS) is 9.14. The largest absolute Gasteiger partial charge is 0.493 e. The highest BCUT2D eigenvalue weighted by molar-refractivity contribution is 7.18. The van der Waals surface area contributed by atoms with Gasteiger partial charge in [0.2, 0.25) is 5.88 Å². The highest BCUT2D eigenvalue weighted by Crippen LogP contribution is 1.99. The summed E-state index contributed by atoms with van der Waals surface area (Å²) < 4.78 is 0.375. The van der Waals surface area contributed by atoms with E-state index in [1.807, 2.05) is 0 Å². The van der Waals surface area contributed by atoms with Gasteiger partial charge in [0.05, 0.1) is 5.51 Å². The lowest BCUT2D eigenvalue weighted by Gasteiger charge is -1.77. The summed E-state index contributed by atoms with van der Waals surface area (Å²) in [6.45, 7) is 0. The molecule has 0 aliphatic carbocycles. The molecule has 1 aromatic rings. The molecule has 1 aromatic heterocycles. The van der Waals surface area contributed by atoms with Crippen LogP contribution in [0.1, 0.15) is 0 Å². The standard InChI is InChI=1S/C3H2BNOS/c4-2-3(6)5-1-7-2/h1,6H. The number of hydrogen-bond acceptors (Lipinski definition) is 3. The van der Waals surface area contributed by atoms with E-state index in [-0.39, 0.29) is 5.88 Å². The summed E-state index contributed by atoms with van der Waals surface area (Å²) in [5, 5.41) is 8.53. The third-order valence-electron chi connectivity index (χ3n) is 0.575. The van der Waals surface area contributed by atoms with Gasteiger partial charge in [0, 0.05) is 4.78 Å². The topological polar surface area (TPSA) is 33.1 Å². The summed E-state index contributed by atoms with van der Waals surface area (Å²) in [7, 11) is 5.15. The van der Waals surface area contributed by atoms with Crippen LogP contribution in [0.3, 0.4) is 0 Å². The number of hydrogen-bond donors (Lipinski definition) is 1. The maximum atomic E-state index is 8.53. The lowest BCUT2D eigenvalue weighted by Crippen LogP contribution is -1.92. The second kappa shape index (κ2) is 1.54. The van der Waals surface area contributed by atoms with Gasteiger partial charge < -0.3 is 5.11 Å². The van der Waals surface area contributed by atoms with Crippen molar-refractivity contribution in [2.24, 2.45) is 0 Å². The smallest absolute Gasteiger partial charge is 0.214 e. The summed E-state index contributed by atoms with van der Waals surface area (Å²) in [4.78, 5) is 3.47. The van der Waals surface area contributed by atoms with Crippen LogP contribution in [-0.2, 0) is 0 Å². The third kappa shape index (κ3) is 0.744. The Morgan fingerprint density at radius 1 is 1.86 bits per heavy atom. The molecule has 34 valence electrons. The van der Waals surface area contributed by atoms with Crippen LogP contribution in [0.4, 0.5) is 0 Å². The minimum absolute atomic E-state index is 0.0648. The van der Waals surface area contributed by atoms with Crippen LogP contribution in [0.5, 0.6) is 5.88 Å². The van der Waals surface area contributed by atoms with Gasteiger partial charge in [0.25, 0.3) is 0 Å². The number of aromatic hydroxyl groups is 1. The summed E-state index contributed by atoms with van der Waals surface area (Å²) in [5.41, 5.74) is 1.49. The molecule has 1 N–H and O–H groups in total. The Labute approximate surface area is 46.2 Å². The zero-order chi connectivity index (χ0) is 5.28. The minimum Gasteiger partial charge on any atom is -0.493 e. The number of rotatable bonds is 0. The van der Waals surface area contributed by atoms with E-state index in [9.17, 15) is 0 Å². The Balaban J connectivity index is 3.12. The van der Waals surface area contributed by atoms with Crippen molar-refractivity contribution in [3.8, 4) is 5.88 Å². The molecule has 0 saturated heterocycles. The molecule has 0 fully saturated rings. The van der Waals surface area contributed by atoms with Gasteiger partial charge in [-0.1, -0.05) is 0 Å². The molecule has 1 heterocycles. The van der Waals surface area contributed by atoms with E-state index in [0.29, 0.717) is 4.78 Å². The fourth-order valence-corrected chi connectivity index (χ4v) is 0.674. The van der Waals surface area contributed by atoms with Crippen LogP contribution in [0, 0.1) is 0 Å². The van der Waals surface area contributed by atoms with Crippen LogP contribution >= 0.6 is 11.3 Å². The highest BCUT2D eigenvalue weighted by atomic mass is 32.1. The number of nitrogens with zero attached hydrogens (tertiary/aromatic N) is 1. The molecule has 0 bridgehead atoms. The first-order chi connectivity index (χ1) is 3.30. The lowest BCUT2D eigenvalue weighted by atomic mass is 10.1. The average Bonchev–Trinajstić information content (AvgIpc) is 1.91. The molecule has 0 spiro atoms. The monoisotopic (exact) mass is 111 g/mol. The van der Waals surface area contributed by atoms with Crippen molar-refractivity contribution in [3.63, 3.8) is 0 Å². The summed E-state index contributed by atoms with van der Waals surface area (Å²) in [5.74, 6) is -0.0648. The van der Waals surface area contributed by atoms with E-state index >= 15 is 0 Å². The highest BCUT2D eigenvalue weighted by Gasteiger charge is 1.92. The van der Waals surface area contributed by atoms with Crippen molar-refractivity contribution in [3.05, 3.63) is 5.51 Å². The summed E-state index contributed by atoms with van der Waals surface area (Å²) in [6.07, 6.45) is 0. The average molecular weight is 111 g/mol. The molecule has 0 amide bonds.